The summed E-state index contributed by atoms with van der Waals surface area (Å²) in [7, 11) is 1.74. The average Bonchev–Trinajstić information content (AvgIpc) is 2.72. The van der Waals surface area contributed by atoms with E-state index in [0.717, 1.165) is 0 Å². The van der Waals surface area contributed by atoms with Gasteiger partial charge in [-0.3, -0.25) is 14.3 Å². The smallest absolute Gasteiger partial charge is 0.325 e. The molecule has 0 aliphatic rings. The Kier molecular flexibility index (Phi) is 4.88. The fourth-order valence-corrected chi connectivity index (χ4v) is 1.53. The highest BCUT2D eigenvalue weighted by molar-refractivity contribution is 5.95. The number of nitrogens with zero attached hydrogens (tertiary/aromatic N) is 3. The molecule has 0 radical (unpaired) electrons. The second kappa shape index (κ2) is 6.18. The van der Waals surface area contributed by atoms with Crippen molar-refractivity contribution >= 4 is 11.9 Å². The molecule has 1 aromatic heterocycles. The molecule has 1 aromatic rings. The normalized spacial score (nSPS) is 10.5. The Morgan fingerprint density at radius 3 is 2.61 bits per heavy atom. The Hall–Kier alpha value is -1.85. The summed E-state index contributed by atoms with van der Waals surface area (Å²) in [5.41, 5.74) is 0.468. The third kappa shape index (κ3) is 3.58. The largest absolute Gasteiger partial charge is 0.465 e. The summed E-state index contributed by atoms with van der Waals surface area (Å²) in [6.07, 6.45) is 3.12. The SMILES string of the molecule is CCOC(=O)CN(C(=O)c1cnn(C)c1)C(C)C. The summed E-state index contributed by atoms with van der Waals surface area (Å²) in [4.78, 5) is 25.1. The maximum Gasteiger partial charge on any atom is 0.325 e. The molecule has 18 heavy (non-hydrogen) atoms. The Bertz CT molecular complexity index is 426. The molecule has 1 amide bonds. The Balaban J connectivity index is 2.79. The first-order valence-corrected chi connectivity index (χ1v) is 5.91. The van der Waals surface area contributed by atoms with Crippen molar-refractivity contribution in [1.82, 2.24) is 14.7 Å². The van der Waals surface area contributed by atoms with Crippen molar-refractivity contribution in [2.24, 2.45) is 7.05 Å². The molecule has 0 spiro atoms. The molecular formula is C12H19N3O3. The van der Waals surface area contributed by atoms with Gasteiger partial charge in [-0.1, -0.05) is 0 Å². The lowest BCUT2D eigenvalue weighted by atomic mass is 10.2. The van der Waals surface area contributed by atoms with Gasteiger partial charge in [0, 0.05) is 19.3 Å². The third-order valence-corrected chi connectivity index (χ3v) is 2.44. The zero-order valence-corrected chi connectivity index (χ0v) is 11.2. The first kappa shape index (κ1) is 14.2. The molecule has 6 heteroatoms. The zero-order chi connectivity index (χ0) is 13.7. The quantitative estimate of drug-likeness (QED) is 0.729. The van der Waals surface area contributed by atoms with Crippen molar-refractivity contribution in [2.45, 2.75) is 26.8 Å². The lowest BCUT2D eigenvalue weighted by molar-refractivity contribution is -0.144. The van der Waals surface area contributed by atoms with Crippen LogP contribution in [0.3, 0.4) is 0 Å². The number of aryl methyl sites for hydroxylation is 1. The number of hydrogen-bond donors (Lipinski definition) is 0. The van der Waals surface area contributed by atoms with Gasteiger partial charge in [-0.25, -0.2) is 0 Å². The maximum atomic E-state index is 12.2. The van der Waals surface area contributed by atoms with Crippen molar-refractivity contribution in [3.63, 3.8) is 0 Å². The monoisotopic (exact) mass is 253 g/mol. The van der Waals surface area contributed by atoms with Crippen LogP contribution < -0.4 is 0 Å². The molecular weight excluding hydrogens is 234 g/mol. The van der Waals surface area contributed by atoms with Gasteiger partial charge in [0.25, 0.3) is 5.91 Å². The van der Waals surface area contributed by atoms with Gasteiger partial charge in [0.2, 0.25) is 0 Å². The molecule has 0 N–H and O–H groups in total. The minimum Gasteiger partial charge on any atom is -0.465 e. The number of carbonyl (C=O) groups excluding carboxylic acids is 2. The Labute approximate surface area is 107 Å². The Morgan fingerprint density at radius 1 is 1.50 bits per heavy atom. The molecule has 6 nitrogen and oxygen atoms in total. The van der Waals surface area contributed by atoms with E-state index >= 15 is 0 Å². The van der Waals surface area contributed by atoms with E-state index in [1.807, 2.05) is 13.8 Å². The highest BCUT2D eigenvalue weighted by Gasteiger charge is 2.22. The van der Waals surface area contributed by atoms with E-state index in [1.54, 1.807) is 24.9 Å². The molecule has 1 heterocycles. The van der Waals surface area contributed by atoms with Crippen LogP contribution in [0.25, 0.3) is 0 Å². The van der Waals surface area contributed by atoms with E-state index in [-0.39, 0.29) is 18.5 Å². The highest BCUT2D eigenvalue weighted by Crippen LogP contribution is 2.07. The standard InChI is InChI=1S/C12H19N3O3/c1-5-18-11(16)8-15(9(2)3)12(17)10-6-13-14(4)7-10/h6-7,9H,5,8H2,1-4H3. The van der Waals surface area contributed by atoms with Crippen molar-refractivity contribution in [3.05, 3.63) is 18.0 Å². The summed E-state index contributed by atoms with van der Waals surface area (Å²) >= 11 is 0. The van der Waals surface area contributed by atoms with Gasteiger partial charge in [0.1, 0.15) is 6.54 Å². The predicted octanol–water partition coefficient (Wildman–Crippen LogP) is 0.834. The molecule has 0 saturated heterocycles. The van der Waals surface area contributed by atoms with Crippen molar-refractivity contribution in [3.8, 4) is 0 Å². The molecule has 0 bridgehead atoms. The van der Waals surface area contributed by atoms with Gasteiger partial charge >= 0.3 is 5.97 Å². The van der Waals surface area contributed by atoms with Crippen LogP contribution in [0.2, 0.25) is 0 Å². The number of amides is 1. The first-order valence-electron chi connectivity index (χ1n) is 5.91. The summed E-state index contributed by atoms with van der Waals surface area (Å²) in [6.45, 7) is 5.71. The molecule has 0 aromatic carbocycles. The van der Waals surface area contributed by atoms with E-state index in [9.17, 15) is 9.59 Å². The molecule has 0 unspecified atom stereocenters. The molecule has 0 atom stereocenters. The van der Waals surface area contributed by atoms with Crippen LogP contribution in [-0.2, 0) is 16.6 Å². The van der Waals surface area contributed by atoms with Crippen LogP contribution in [0.1, 0.15) is 31.1 Å². The predicted molar refractivity (Wildman–Crippen MR) is 66.0 cm³/mol. The summed E-state index contributed by atoms with van der Waals surface area (Å²) < 4.78 is 6.41. The van der Waals surface area contributed by atoms with Crippen LogP contribution in [0.5, 0.6) is 0 Å². The number of rotatable bonds is 5. The van der Waals surface area contributed by atoms with Crippen LogP contribution in [0.15, 0.2) is 12.4 Å². The second-order valence-electron chi connectivity index (χ2n) is 4.23. The minimum absolute atomic E-state index is 0.0424. The molecule has 0 aliphatic heterocycles. The number of esters is 1. The van der Waals surface area contributed by atoms with Gasteiger partial charge in [0.05, 0.1) is 18.4 Å². The van der Waals surface area contributed by atoms with Crippen LogP contribution in [-0.4, -0.2) is 45.8 Å². The molecule has 0 saturated carbocycles. The van der Waals surface area contributed by atoms with Gasteiger partial charge in [0.15, 0.2) is 0 Å². The van der Waals surface area contributed by atoms with Gasteiger partial charge in [-0.15, -0.1) is 0 Å². The number of hydrogen-bond acceptors (Lipinski definition) is 4. The van der Waals surface area contributed by atoms with E-state index in [4.69, 9.17) is 4.74 Å². The summed E-state index contributed by atoms with van der Waals surface area (Å²) in [5, 5.41) is 3.95. The van der Waals surface area contributed by atoms with Crippen molar-refractivity contribution in [2.75, 3.05) is 13.2 Å². The lowest BCUT2D eigenvalue weighted by Gasteiger charge is -2.25. The topological polar surface area (TPSA) is 64.4 Å². The van der Waals surface area contributed by atoms with E-state index < -0.39 is 5.97 Å². The molecule has 100 valence electrons. The lowest BCUT2D eigenvalue weighted by Crippen LogP contribution is -2.41. The number of ether oxygens (including phenoxy) is 1. The van der Waals surface area contributed by atoms with Crippen LogP contribution in [0, 0.1) is 0 Å². The zero-order valence-electron chi connectivity index (χ0n) is 11.2. The van der Waals surface area contributed by atoms with E-state index in [0.29, 0.717) is 12.2 Å². The number of aromatic nitrogens is 2. The first-order chi connectivity index (χ1) is 8.45. The van der Waals surface area contributed by atoms with Crippen molar-refractivity contribution < 1.29 is 14.3 Å². The molecule has 0 fully saturated rings. The fraction of sp³-hybridized carbons (Fsp3) is 0.583. The fourth-order valence-electron chi connectivity index (χ4n) is 1.53. The van der Waals surface area contributed by atoms with E-state index in [1.165, 1.54) is 11.1 Å². The third-order valence-electron chi connectivity index (χ3n) is 2.44. The van der Waals surface area contributed by atoms with Crippen LogP contribution in [0.4, 0.5) is 0 Å². The highest BCUT2D eigenvalue weighted by atomic mass is 16.5. The summed E-state index contributed by atoms with van der Waals surface area (Å²) in [6, 6.07) is -0.0814. The van der Waals surface area contributed by atoms with Gasteiger partial charge in [-0.05, 0) is 20.8 Å². The Morgan fingerprint density at radius 2 is 2.17 bits per heavy atom. The second-order valence-corrected chi connectivity index (χ2v) is 4.23. The van der Waals surface area contributed by atoms with Gasteiger partial charge < -0.3 is 9.64 Å². The molecule has 0 aliphatic carbocycles. The minimum atomic E-state index is -0.400. The van der Waals surface area contributed by atoms with Crippen LogP contribution >= 0.6 is 0 Å². The van der Waals surface area contributed by atoms with E-state index in [2.05, 4.69) is 5.10 Å². The van der Waals surface area contributed by atoms with Crippen molar-refractivity contribution in [1.29, 1.82) is 0 Å². The average molecular weight is 253 g/mol. The number of carbonyl (C=O) groups is 2. The molecule has 1 rings (SSSR count). The maximum absolute atomic E-state index is 12.2. The van der Waals surface area contributed by atoms with Gasteiger partial charge in [-0.2, -0.15) is 5.10 Å². The summed E-state index contributed by atoms with van der Waals surface area (Å²) in [5.74, 6) is -0.616.